The van der Waals surface area contributed by atoms with Gasteiger partial charge >= 0.3 is 0 Å². The van der Waals surface area contributed by atoms with Crippen molar-refractivity contribution in [2.45, 2.75) is 6.92 Å². The van der Waals surface area contributed by atoms with Crippen LogP contribution in [0.2, 0.25) is 0 Å². The maximum Gasteiger partial charge on any atom is 0.100 e. The van der Waals surface area contributed by atoms with Gasteiger partial charge in [0, 0.05) is 5.56 Å². The molecule has 0 N–H and O–H groups in total. The third-order valence-corrected chi connectivity index (χ3v) is 4.28. The third kappa shape index (κ3) is 1.57. The van der Waals surface area contributed by atoms with Gasteiger partial charge in [-0.25, -0.2) is 0 Å². The first-order valence-electron chi connectivity index (χ1n) is 7.04. The van der Waals surface area contributed by atoms with Gasteiger partial charge in [0.1, 0.15) is 6.07 Å². The van der Waals surface area contributed by atoms with Crippen LogP contribution in [0.25, 0.3) is 33.0 Å². The van der Waals surface area contributed by atoms with Crippen molar-refractivity contribution in [2.75, 3.05) is 0 Å². The zero-order chi connectivity index (χ0) is 14.4. The molecule has 0 radical (unpaired) electrons. The SMILES string of the molecule is CC1=C(C#N)c2cccc3cccc(c23)-c2ccccc21. The van der Waals surface area contributed by atoms with E-state index in [1.165, 1.54) is 21.9 Å². The summed E-state index contributed by atoms with van der Waals surface area (Å²) in [5.74, 6) is 0. The van der Waals surface area contributed by atoms with E-state index >= 15 is 0 Å². The van der Waals surface area contributed by atoms with Crippen molar-refractivity contribution >= 4 is 21.9 Å². The maximum atomic E-state index is 9.68. The van der Waals surface area contributed by atoms with Gasteiger partial charge < -0.3 is 0 Å². The molecule has 0 saturated heterocycles. The van der Waals surface area contributed by atoms with Gasteiger partial charge in [0.15, 0.2) is 0 Å². The highest BCUT2D eigenvalue weighted by Crippen LogP contribution is 2.43. The molecule has 1 heteroatoms. The minimum absolute atomic E-state index is 0.776. The van der Waals surface area contributed by atoms with Crippen LogP contribution in [0.3, 0.4) is 0 Å². The molecular formula is C20H13N. The molecule has 0 saturated carbocycles. The van der Waals surface area contributed by atoms with Gasteiger partial charge in [0.25, 0.3) is 0 Å². The Balaban J connectivity index is 2.32. The average Bonchev–Trinajstić information content (AvgIpc) is 2.64. The van der Waals surface area contributed by atoms with Crippen molar-refractivity contribution in [3.8, 4) is 17.2 Å². The van der Waals surface area contributed by atoms with Crippen molar-refractivity contribution in [1.82, 2.24) is 0 Å². The predicted octanol–water partition coefficient (Wildman–Crippen LogP) is 5.27. The number of hydrogen-bond acceptors (Lipinski definition) is 1. The molecule has 1 aliphatic carbocycles. The van der Waals surface area contributed by atoms with Crippen LogP contribution >= 0.6 is 0 Å². The van der Waals surface area contributed by atoms with Gasteiger partial charge in [0.2, 0.25) is 0 Å². The Morgan fingerprint density at radius 1 is 0.714 bits per heavy atom. The highest BCUT2D eigenvalue weighted by molar-refractivity contribution is 6.14. The van der Waals surface area contributed by atoms with E-state index in [2.05, 4.69) is 54.6 Å². The van der Waals surface area contributed by atoms with Crippen LogP contribution in [-0.2, 0) is 0 Å². The maximum absolute atomic E-state index is 9.68. The summed E-state index contributed by atoms with van der Waals surface area (Å²) < 4.78 is 0. The van der Waals surface area contributed by atoms with Gasteiger partial charge in [-0.2, -0.15) is 5.26 Å². The average molecular weight is 267 g/mol. The topological polar surface area (TPSA) is 23.8 Å². The second-order valence-corrected chi connectivity index (χ2v) is 5.37. The van der Waals surface area contributed by atoms with Crippen molar-refractivity contribution in [2.24, 2.45) is 0 Å². The highest BCUT2D eigenvalue weighted by Gasteiger charge is 2.20. The molecular weight excluding hydrogens is 254 g/mol. The molecule has 0 bridgehead atoms. The molecule has 0 amide bonds. The largest absolute Gasteiger partial charge is 0.192 e. The molecule has 0 spiro atoms. The van der Waals surface area contributed by atoms with Crippen LogP contribution < -0.4 is 0 Å². The number of nitriles is 1. The zero-order valence-corrected chi connectivity index (χ0v) is 11.7. The zero-order valence-electron chi connectivity index (χ0n) is 11.7. The summed E-state index contributed by atoms with van der Waals surface area (Å²) in [5, 5.41) is 12.0. The minimum atomic E-state index is 0.776. The first kappa shape index (κ1) is 11.9. The standard InChI is InChI=1S/C20H13N/c1-13-15-8-2-3-9-16(15)17-10-4-6-14-7-5-11-18(20(14)17)19(13)12-21/h2-11H,1H3. The number of benzene rings is 3. The first-order valence-corrected chi connectivity index (χ1v) is 7.04. The summed E-state index contributed by atoms with van der Waals surface area (Å²) in [4.78, 5) is 0. The second kappa shape index (κ2) is 4.33. The Hall–Kier alpha value is -2.85. The van der Waals surface area contributed by atoms with E-state index in [0.717, 1.165) is 22.3 Å². The Morgan fingerprint density at radius 2 is 1.33 bits per heavy atom. The third-order valence-electron chi connectivity index (χ3n) is 4.28. The lowest BCUT2D eigenvalue weighted by atomic mass is 9.93. The monoisotopic (exact) mass is 267 g/mol. The summed E-state index contributed by atoms with van der Waals surface area (Å²) in [6.07, 6.45) is 0. The first-order chi connectivity index (χ1) is 10.3. The van der Waals surface area contributed by atoms with Crippen LogP contribution in [0.5, 0.6) is 0 Å². The van der Waals surface area contributed by atoms with Gasteiger partial charge in [-0.15, -0.1) is 0 Å². The van der Waals surface area contributed by atoms with E-state index in [4.69, 9.17) is 0 Å². The number of fused-ring (bicyclic) bond motifs is 2. The summed E-state index contributed by atoms with van der Waals surface area (Å²) in [5.41, 5.74) is 6.44. The van der Waals surface area contributed by atoms with E-state index in [0.29, 0.717) is 0 Å². The summed E-state index contributed by atoms with van der Waals surface area (Å²) in [6, 6.07) is 23.3. The van der Waals surface area contributed by atoms with E-state index in [1.54, 1.807) is 0 Å². The lowest BCUT2D eigenvalue weighted by Gasteiger charge is -2.10. The molecule has 1 nitrogen and oxygen atoms in total. The van der Waals surface area contributed by atoms with Gasteiger partial charge in [-0.1, -0.05) is 60.7 Å². The van der Waals surface area contributed by atoms with Crippen LogP contribution in [0.4, 0.5) is 0 Å². The number of rotatable bonds is 0. The molecule has 0 aliphatic heterocycles. The molecule has 4 rings (SSSR count). The normalized spacial score (nSPS) is 12.8. The van der Waals surface area contributed by atoms with Crippen LogP contribution in [0, 0.1) is 11.3 Å². The van der Waals surface area contributed by atoms with Crippen LogP contribution in [0.15, 0.2) is 60.7 Å². The number of hydrogen-bond donors (Lipinski definition) is 0. The summed E-state index contributed by atoms with van der Waals surface area (Å²) in [6.45, 7) is 2.04. The molecule has 21 heavy (non-hydrogen) atoms. The fourth-order valence-electron chi connectivity index (χ4n) is 3.30. The number of allylic oxidation sites excluding steroid dienone is 2. The molecule has 3 aromatic carbocycles. The van der Waals surface area contributed by atoms with Crippen LogP contribution in [-0.4, -0.2) is 0 Å². The van der Waals surface area contributed by atoms with Crippen molar-refractivity contribution in [3.05, 3.63) is 71.8 Å². The van der Waals surface area contributed by atoms with E-state index in [1.807, 2.05) is 19.1 Å². The van der Waals surface area contributed by atoms with Crippen LogP contribution in [0.1, 0.15) is 18.1 Å². The van der Waals surface area contributed by atoms with Crippen molar-refractivity contribution < 1.29 is 0 Å². The molecule has 0 aromatic heterocycles. The predicted molar refractivity (Wildman–Crippen MR) is 87.5 cm³/mol. The Kier molecular flexibility index (Phi) is 2.46. The second-order valence-electron chi connectivity index (χ2n) is 5.37. The van der Waals surface area contributed by atoms with Crippen molar-refractivity contribution in [1.29, 1.82) is 5.26 Å². The van der Waals surface area contributed by atoms with Gasteiger partial charge in [0.05, 0.1) is 5.57 Å². The smallest absolute Gasteiger partial charge is 0.100 e. The Labute approximate surface area is 123 Å². The molecule has 0 heterocycles. The van der Waals surface area contributed by atoms with E-state index in [9.17, 15) is 5.26 Å². The Morgan fingerprint density at radius 3 is 2.05 bits per heavy atom. The van der Waals surface area contributed by atoms with Crippen molar-refractivity contribution in [3.63, 3.8) is 0 Å². The molecule has 0 fully saturated rings. The summed E-state index contributed by atoms with van der Waals surface area (Å²) >= 11 is 0. The van der Waals surface area contributed by atoms with E-state index < -0.39 is 0 Å². The van der Waals surface area contributed by atoms with Gasteiger partial charge in [-0.3, -0.25) is 0 Å². The highest BCUT2D eigenvalue weighted by atomic mass is 14.3. The quantitative estimate of drug-likeness (QED) is 0.544. The van der Waals surface area contributed by atoms with E-state index in [-0.39, 0.29) is 0 Å². The number of nitrogens with zero attached hydrogens (tertiary/aromatic N) is 1. The van der Waals surface area contributed by atoms with Gasteiger partial charge in [-0.05, 0) is 40.0 Å². The fourth-order valence-corrected chi connectivity index (χ4v) is 3.30. The molecule has 3 aromatic rings. The fraction of sp³-hybridized carbons (Fsp3) is 0.0500. The molecule has 0 unspecified atom stereocenters. The lowest BCUT2D eigenvalue weighted by molar-refractivity contribution is 1.52. The lowest BCUT2D eigenvalue weighted by Crippen LogP contribution is -1.86. The summed E-state index contributed by atoms with van der Waals surface area (Å²) in [7, 11) is 0. The minimum Gasteiger partial charge on any atom is -0.192 e. The molecule has 0 atom stereocenters. The molecule has 1 aliphatic rings. The molecule has 98 valence electrons. The Bertz CT molecular complexity index is 950.